The predicted octanol–water partition coefficient (Wildman–Crippen LogP) is 3.19. The van der Waals surface area contributed by atoms with Crippen LogP contribution in [0.1, 0.15) is 22.7 Å². The Labute approximate surface area is 106 Å². The minimum absolute atomic E-state index is 0.254. The SMILES string of the molecule is COc1ccccc1C(N)c1cccc(C)c1F. The molecular formula is C15H16FNO. The van der Waals surface area contributed by atoms with Gasteiger partial charge in [0, 0.05) is 11.1 Å². The molecule has 0 spiro atoms. The molecule has 0 bridgehead atoms. The van der Waals surface area contributed by atoms with Crippen LogP contribution in [0.3, 0.4) is 0 Å². The Morgan fingerprint density at radius 2 is 1.72 bits per heavy atom. The van der Waals surface area contributed by atoms with E-state index >= 15 is 0 Å². The van der Waals surface area contributed by atoms with E-state index in [1.807, 2.05) is 30.3 Å². The van der Waals surface area contributed by atoms with Crippen LogP contribution in [0.2, 0.25) is 0 Å². The van der Waals surface area contributed by atoms with E-state index in [-0.39, 0.29) is 5.82 Å². The fourth-order valence-electron chi connectivity index (χ4n) is 2.00. The molecular weight excluding hydrogens is 229 g/mol. The second-order valence-electron chi connectivity index (χ2n) is 4.20. The lowest BCUT2D eigenvalue weighted by atomic mass is 9.97. The van der Waals surface area contributed by atoms with Gasteiger partial charge < -0.3 is 10.5 Å². The third-order valence-corrected chi connectivity index (χ3v) is 3.03. The van der Waals surface area contributed by atoms with Crippen molar-refractivity contribution in [2.45, 2.75) is 13.0 Å². The lowest BCUT2D eigenvalue weighted by molar-refractivity contribution is 0.407. The smallest absolute Gasteiger partial charge is 0.131 e. The lowest BCUT2D eigenvalue weighted by Gasteiger charge is -2.17. The van der Waals surface area contributed by atoms with E-state index in [4.69, 9.17) is 10.5 Å². The van der Waals surface area contributed by atoms with E-state index in [0.717, 1.165) is 5.56 Å². The highest BCUT2D eigenvalue weighted by Crippen LogP contribution is 2.29. The van der Waals surface area contributed by atoms with Crippen LogP contribution in [0.25, 0.3) is 0 Å². The van der Waals surface area contributed by atoms with Crippen LogP contribution < -0.4 is 10.5 Å². The third-order valence-electron chi connectivity index (χ3n) is 3.03. The number of hydrogen-bond acceptors (Lipinski definition) is 2. The summed E-state index contributed by atoms with van der Waals surface area (Å²) in [4.78, 5) is 0. The van der Waals surface area contributed by atoms with Gasteiger partial charge in [-0.3, -0.25) is 0 Å². The molecule has 0 aliphatic rings. The summed E-state index contributed by atoms with van der Waals surface area (Å²) in [5.41, 5.74) is 8.01. The molecule has 1 unspecified atom stereocenters. The van der Waals surface area contributed by atoms with E-state index in [0.29, 0.717) is 16.9 Å². The summed E-state index contributed by atoms with van der Waals surface area (Å²) in [7, 11) is 1.58. The monoisotopic (exact) mass is 245 g/mol. The molecule has 0 amide bonds. The van der Waals surface area contributed by atoms with Gasteiger partial charge in [-0.2, -0.15) is 0 Å². The highest BCUT2D eigenvalue weighted by molar-refractivity contribution is 5.42. The van der Waals surface area contributed by atoms with Crippen LogP contribution in [0.15, 0.2) is 42.5 Å². The molecule has 0 saturated carbocycles. The molecule has 0 saturated heterocycles. The zero-order valence-corrected chi connectivity index (χ0v) is 10.5. The van der Waals surface area contributed by atoms with Gasteiger partial charge in [-0.05, 0) is 18.6 Å². The molecule has 2 nitrogen and oxygen atoms in total. The molecule has 1 atom stereocenters. The van der Waals surface area contributed by atoms with Crippen molar-refractivity contribution in [1.82, 2.24) is 0 Å². The van der Waals surface area contributed by atoms with Gasteiger partial charge in [0.25, 0.3) is 0 Å². The number of benzene rings is 2. The fraction of sp³-hybridized carbons (Fsp3) is 0.200. The Morgan fingerprint density at radius 3 is 2.44 bits per heavy atom. The topological polar surface area (TPSA) is 35.2 Å². The first-order valence-corrected chi connectivity index (χ1v) is 5.78. The Morgan fingerprint density at radius 1 is 1.06 bits per heavy atom. The summed E-state index contributed by atoms with van der Waals surface area (Å²) < 4.78 is 19.3. The molecule has 0 heterocycles. The zero-order chi connectivity index (χ0) is 13.1. The van der Waals surface area contributed by atoms with Crippen molar-refractivity contribution in [3.63, 3.8) is 0 Å². The van der Waals surface area contributed by atoms with Crippen molar-refractivity contribution in [1.29, 1.82) is 0 Å². The van der Waals surface area contributed by atoms with E-state index in [1.165, 1.54) is 0 Å². The predicted molar refractivity (Wildman–Crippen MR) is 70.2 cm³/mol. The molecule has 3 heteroatoms. The van der Waals surface area contributed by atoms with E-state index < -0.39 is 6.04 Å². The number of methoxy groups -OCH3 is 1. The number of aryl methyl sites for hydroxylation is 1. The van der Waals surface area contributed by atoms with Crippen molar-refractivity contribution >= 4 is 0 Å². The van der Waals surface area contributed by atoms with Gasteiger partial charge >= 0.3 is 0 Å². The Hall–Kier alpha value is -1.87. The second kappa shape index (κ2) is 5.19. The molecule has 2 rings (SSSR count). The first kappa shape index (κ1) is 12.6. The van der Waals surface area contributed by atoms with E-state index in [9.17, 15) is 4.39 Å². The van der Waals surface area contributed by atoms with E-state index in [2.05, 4.69) is 0 Å². The largest absolute Gasteiger partial charge is 0.496 e. The highest BCUT2D eigenvalue weighted by Gasteiger charge is 2.17. The molecule has 0 radical (unpaired) electrons. The molecule has 0 aromatic heterocycles. The number of hydrogen-bond donors (Lipinski definition) is 1. The summed E-state index contributed by atoms with van der Waals surface area (Å²) >= 11 is 0. The quantitative estimate of drug-likeness (QED) is 0.901. The van der Waals surface area contributed by atoms with Crippen molar-refractivity contribution in [3.8, 4) is 5.75 Å². The molecule has 0 aliphatic carbocycles. The molecule has 2 aromatic rings. The normalized spacial score (nSPS) is 12.2. The minimum atomic E-state index is -0.527. The number of nitrogens with two attached hydrogens (primary N) is 1. The molecule has 2 aromatic carbocycles. The maximum Gasteiger partial charge on any atom is 0.131 e. The summed E-state index contributed by atoms with van der Waals surface area (Å²) in [6.45, 7) is 1.73. The Kier molecular flexibility index (Phi) is 3.63. The first-order valence-electron chi connectivity index (χ1n) is 5.78. The summed E-state index contributed by atoms with van der Waals surface area (Å²) in [5.74, 6) is 0.418. The van der Waals surface area contributed by atoms with Gasteiger partial charge in [-0.1, -0.05) is 36.4 Å². The average molecular weight is 245 g/mol. The van der Waals surface area contributed by atoms with Crippen LogP contribution in [-0.4, -0.2) is 7.11 Å². The van der Waals surface area contributed by atoms with Crippen LogP contribution in [0, 0.1) is 12.7 Å². The molecule has 94 valence electrons. The van der Waals surface area contributed by atoms with Gasteiger partial charge in [0.1, 0.15) is 11.6 Å². The summed E-state index contributed by atoms with van der Waals surface area (Å²) in [6.07, 6.45) is 0. The highest BCUT2D eigenvalue weighted by atomic mass is 19.1. The zero-order valence-electron chi connectivity index (χ0n) is 10.5. The van der Waals surface area contributed by atoms with Gasteiger partial charge in [0.15, 0.2) is 0 Å². The van der Waals surface area contributed by atoms with Crippen LogP contribution in [-0.2, 0) is 0 Å². The third kappa shape index (κ3) is 2.22. The van der Waals surface area contributed by atoms with Crippen LogP contribution in [0.5, 0.6) is 5.75 Å². The van der Waals surface area contributed by atoms with E-state index in [1.54, 1.807) is 26.2 Å². The van der Waals surface area contributed by atoms with Crippen LogP contribution in [0.4, 0.5) is 4.39 Å². The molecule has 0 fully saturated rings. The maximum atomic E-state index is 14.1. The Balaban J connectivity index is 2.48. The number of rotatable bonds is 3. The Bertz CT molecular complexity index is 554. The molecule has 18 heavy (non-hydrogen) atoms. The average Bonchev–Trinajstić information content (AvgIpc) is 2.41. The number of ether oxygens (including phenoxy) is 1. The van der Waals surface area contributed by atoms with Crippen LogP contribution >= 0.6 is 0 Å². The minimum Gasteiger partial charge on any atom is -0.496 e. The van der Waals surface area contributed by atoms with Gasteiger partial charge in [0.2, 0.25) is 0 Å². The molecule has 2 N–H and O–H groups in total. The maximum absolute atomic E-state index is 14.1. The number of halogens is 1. The fourth-order valence-corrected chi connectivity index (χ4v) is 2.00. The standard InChI is InChI=1S/C15H16FNO/c1-10-6-5-8-12(14(10)16)15(17)11-7-3-4-9-13(11)18-2/h3-9,15H,17H2,1-2H3. The van der Waals surface area contributed by atoms with Gasteiger partial charge in [-0.15, -0.1) is 0 Å². The second-order valence-corrected chi connectivity index (χ2v) is 4.20. The van der Waals surface area contributed by atoms with Crippen molar-refractivity contribution < 1.29 is 9.13 Å². The van der Waals surface area contributed by atoms with Crippen molar-refractivity contribution in [2.75, 3.05) is 7.11 Å². The lowest BCUT2D eigenvalue weighted by Crippen LogP contribution is -2.15. The van der Waals surface area contributed by atoms with Crippen molar-refractivity contribution in [2.24, 2.45) is 5.73 Å². The summed E-state index contributed by atoms with van der Waals surface area (Å²) in [6, 6.07) is 12.1. The molecule has 0 aliphatic heterocycles. The first-order chi connectivity index (χ1) is 8.65. The van der Waals surface area contributed by atoms with Gasteiger partial charge in [-0.25, -0.2) is 4.39 Å². The van der Waals surface area contributed by atoms with Gasteiger partial charge in [0.05, 0.1) is 13.2 Å². The summed E-state index contributed by atoms with van der Waals surface area (Å²) in [5, 5.41) is 0. The van der Waals surface area contributed by atoms with Crippen molar-refractivity contribution in [3.05, 3.63) is 65.0 Å². The number of para-hydroxylation sites is 1.